The fourth-order valence-electron chi connectivity index (χ4n) is 2.08. The van der Waals surface area contributed by atoms with E-state index in [0.29, 0.717) is 18.2 Å². The zero-order valence-electron chi connectivity index (χ0n) is 12.9. The van der Waals surface area contributed by atoms with Crippen LogP contribution in [0.2, 0.25) is 0 Å². The number of nitrogens with zero attached hydrogens (tertiary/aromatic N) is 2. The molecular weight excluding hydrogens is 298 g/mol. The number of hydrogen-bond donors (Lipinski definition) is 2. The van der Waals surface area contributed by atoms with Crippen LogP contribution in [-0.4, -0.2) is 27.1 Å². The highest BCUT2D eigenvalue weighted by Gasteiger charge is 2.17. The highest BCUT2D eigenvalue weighted by atomic mass is 32.1. The summed E-state index contributed by atoms with van der Waals surface area (Å²) in [5.74, 6) is 0.684. The van der Waals surface area contributed by atoms with Crippen LogP contribution in [0, 0.1) is 5.92 Å². The molecule has 1 atom stereocenters. The smallest absolute Gasteiger partial charge is 0.273 e. The van der Waals surface area contributed by atoms with Crippen LogP contribution in [0.15, 0.2) is 24.3 Å². The average Bonchev–Trinajstić information content (AvgIpc) is 3.01. The number of nitrogens with one attached hydrogen (secondary N) is 1. The second-order valence-electron chi connectivity index (χ2n) is 5.41. The van der Waals surface area contributed by atoms with E-state index >= 15 is 0 Å². The van der Waals surface area contributed by atoms with Gasteiger partial charge in [0, 0.05) is 6.54 Å². The van der Waals surface area contributed by atoms with Gasteiger partial charge in [-0.05, 0) is 60.1 Å². The summed E-state index contributed by atoms with van der Waals surface area (Å²) in [6.07, 6.45) is 3.23. The maximum atomic E-state index is 12.2. The van der Waals surface area contributed by atoms with Gasteiger partial charge in [-0.15, -0.1) is 5.10 Å². The number of aromatic hydroxyl groups is 1. The number of phenolic OH excluding ortho intramolecular Hbond substituents is 1. The summed E-state index contributed by atoms with van der Waals surface area (Å²) in [4.78, 5) is 12.9. The molecule has 0 bridgehead atoms. The summed E-state index contributed by atoms with van der Waals surface area (Å²) >= 11 is 1.18. The van der Waals surface area contributed by atoms with E-state index in [-0.39, 0.29) is 11.7 Å². The van der Waals surface area contributed by atoms with E-state index in [4.69, 9.17) is 0 Å². The molecule has 0 spiro atoms. The van der Waals surface area contributed by atoms with Gasteiger partial charge in [0.05, 0.1) is 4.88 Å². The van der Waals surface area contributed by atoms with Crippen molar-refractivity contribution in [1.82, 2.24) is 14.9 Å². The van der Waals surface area contributed by atoms with Gasteiger partial charge in [0.1, 0.15) is 5.75 Å². The number of rotatable bonds is 7. The van der Waals surface area contributed by atoms with Gasteiger partial charge in [0.15, 0.2) is 5.69 Å². The summed E-state index contributed by atoms with van der Waals surface area (Å²) in [5.41, 5.74) is 1.18. The molecule has 0 fully saturated rings. The molecule has 0 radical (unpaired) electrons. The molecule has 118 valence electrons. The van der Waals surface area contributed by atoms with Crippen LogP contribution < -0.4 is 5.32 Å². The minimum Gasteiger partial charge on any atom is -0.508 e. The van der Waals surface area contributed by atoms with Crippen LogP contribution in [0.3, 0.4) is 0 Å². The van der Waals surface area contributed by atoms with Gasteiger partial charge in [0.25, 0.3) is 5.91 Å². The van der Waals surface area contributed by atoms with Crippen LogP contribution in [0.1, 0.15) is 43.6 Å². The molecule has 0 saturated carbocycles. The Balaban J connectivity index is 1.97. The minimum absolute atomic E-state index is 0.192. The monoisotopic (exact) mass is 319 g/mol. The molecule has 2 N–H and O–H groups in total. The predicted octanol–water partition coefficient (Wildman–Crippen LogP) is 3.47. The third-order valence-corrected chi connectivity index (χ3v) is 4.46. The Morgan fingerprint density at radius 3 is 2.77 bits per heavy atom. The minimum atomic E-state index is -0.194. The molecule has 0 aliphatic rings. The SMILES string of the molecule is CCC(C)CCCNC(=O)c1nnsc1-c1ccc(O)cc1. The van der Waals surface area contributed by atoms with Crippen molar-refractivity contribution in [3.05, 3.63) is 30.0 Å². The number of aromatic nitrogens is 2. The van der Waals surface area contributed by atoms with Crippen LogP contribution in [0.5, 0.6) is 5.75 Å². The summed E-state index contributed by atoms with van der Waals surface area (Å²) in [7, 11) is 0. The van der Waals surface area contributed by atoms with Crippen molar-refractivity contribution in [3.8, 4) is 16.2 Å². The molecule has 2 aromatic rings. The van der Waals surface area contributed by atoms with E-state index < -0.39 is 0 Å². The number of amides is 1. The molecule has 1 aromatic carbocycles. The van der Waals surface area contributed by atoms with Crippen molar-refractivity contribution in [1.29, 1.82) is 0 Å². The largest absolute Gasteiger partial charge is 0.508 e. The van der Waals surface area contributed by atoms with E-state index in [1.165, 1.54) is 11.5 Å². The van der Waals surface area contributed by atoms with Crippen molar-refractivity contribution in [2.24, 2.45) is 5.92 Å². The molecule has 22 heavy (non-hydrogen) atoms. The number of benzene rings is 1. The molecule has 0 aliphatic carbocycles. The molecular formula is C16H21N3O2S. The van der Waals surface area contributed by atoms with E-state index in [2.05, 4.69) is 28.8 Å². The van der Waals surface area contributed by atoms with Crippen LogP contribution >= 0.6 is 11.5 Å². The van der Waals surface area contributed by atoms with E-state index in [1.54, 1.807) is 24.3 Å². The van der Waals surface area contributed by atoms with Crippen LogP contribution in [0.4, 0.5) is 0 Å². The number of hydrogen-bond acceptors (Lipinski definition) is 5. The summed E-state index contributed by atoms with van der Waals surface area (Å²) in [6, 6.07) is 6.68. The van der Waals surface area contributed by atoms with Crippen LogP contribution in [0.25, 0.3) is 10.4 Å². The Morgan fingerprint density at radius 2 is 2.09 bits per heavy atom. The van der Waals surface area contributed by atoms with Gasteiger partial charge in [-0.25, -0.2) is 0 Å². The number of carbonyl (C=O) groups is 1. The van der Waals surface area contributed by atoms with Crippen molar-refractivity contribution in [3.63, 3.8) is 0 Å². The molecule has 1 aromatic heterocycles. The van der Waals surface area contributed by atoms with Gasteiger partial charge < -0.3 is 10.4 Å². The van der Waals surface area contributed by atoms with E-state index in [1.807, 2.05) is 0 Å². The van der Waals surface area contributed by atoms with Gasteiger partial charge >= 0.3 is 0 Å². The number of carbonyl (C=O) groups excluding carboxylic acids is 1. The molecule has 1 amide bonds. The lowest BCUT2D eigenvalue weighted by atomic mass is 10.0. The van der Waals surface area contributed by atoms with Crippen molar-refractivity contribution in [2.75, 3.05) is 6.54 Å². The first kappa shape index (κ1) is 16.4. The Labute approximate surface area is 134 Å². The summed E-state index contributed by atoms with van der Waals surface area (Å²) in [6.45, 7) is 5.04. The Bertz CT molecular complexity index is 610. The normalized spacial score (nSPS) is 12.1. The Kier molecular flexibility index (Phi) is 5.89. The molecule has 1 heterocycles. The fourth-order valence-corrected chi connectivity index (χ4v) is 2.75. The van der Waals surface area contributed by atoms with Gasteiger partial charge in [-0.2, -0.15) is 0 Å². The highest BCUT2D eigenvalue weighted by Crippen LogP contribution is 2.27. The van der Waals surface area contributed by atoms with E-state index in [9.17, 15) is 9.90 Å². The quantitative estimate of drug-likeness (QED) is 0.766. The molecule has 1 unspecified atom stereocenters. The van der Waals surface area contributed by atoms with Crippen molar-refractivity contribution in [2.45, 2.75) is 33.1 Å². The average molecular weight is 319 g/mol. The first-order valence-corrected chi connectivity index (χ1v) is 8.29. The van der Waals surface area contributed by atoms with Crippen LogP contribution in [-0.2, 0) is 0 Å². The first-order chi connectivity index (χ1) is 10.6. The molecule has 5 nitrogen and oxygen atoms in total. The van der Waals surface area contributed by atoms with E-state index in [0.717, 1.165) is 29.7 Å². The van der Waals surface area contributed by atoms with Crippen molar-refractivity contribution >= 4 is 17.4 Å². The standard InChI is InChI=1S/C16H21N3O2S/c1-3-11(2)5-4-10-17-16(21)14-15(22-19-18-14)12-6-8-13(20)9-7-12/h6-9,11,20H,3-5,10H2,1-2H3,(H,17,21). The third-order valence-electron chi connectivity index (χ3n) is 3.69. The maximum absolute atomic E-state index is 12.2. The Morgan fingerprint density at radius 1 is 1.36 bits per heavy atom. The lowest BCUT2D eigenvalue weighted by Crippen LogP contribution is -2.25. The predicted molar refractivity (Wildman–Crippen MR) is 88.0 cm³/mol. The Hall–Kier alpha value is -1.95. The lowest BCUT2D eigenvalue weighted by Gasteiger charge is -2.08. The number of phenols is 1. The third kappa shape index (κ3) is 4.27. The second-order valence-corrected chi connectivity index (χ2v) is 6.16. The summed E-state index contributed by atoms with van der Waals surface area (Å²) < 4.78 is 3.88. The molecule has 0 aliphatic heterocycles. The zero-order valence-corrected chi connectivity index (χ0v) is 13.7. The lowest BCUT2D eigenvalue weighted by molar-refractivity contribution is 0.0948. The second kappa shape index (κ2) is 7.89. The zero-order chi connectivity index (χ0) is 15.9. The fraction of sp³-hybridized carbons (Fsp3) is 0.438. The molecule has 0 saturated heterocycles. The topological polar surface area (TPSA) is 75.1 Å². The highest BCUT2D eigenvalue weighted by molar-refractivity contribution is 7.09. The first-order valence-electron chi connectivity index (χ1n) is 7.51. The summed E-state index contributed by atoms with van der Waals surface area (Å²) in [5, 5.41) is 16.2. The van der Waals surface area contributed by atoms with Gasteiger partial charge in [0.2, 0.25) is 0 Å². The van der Waals surface area contributed by atoms with Crippen molar-refractivity contribution < 1.29 is 9.90 Å². The molecule has 6 heteroatoms. The maximum Gasteiger partial charge on any atom is 0.273 e. The van der Waals surface area contributed by atoms with Gasteiger partial charge in [-0.1, -0.05) is 24.8 Å². The van der Waals surface area contributed by atoms with Gasteiger partial charge in [-0.3, -0.25) is 4.79 Å². The molecule has 2 rings (SSSR count).